The van der Waals surface area contributed by atoms with E-state index < -0.39 is 0 Å². The molecule has 4 aromatic carbocycles. The number of hydrogen-bond acceptors (Lipinski definition) is 8. The van der Waals surface area contributed by atoms with E-state index in [4.69, 9.17) is 18.9 Å². The van der Waals surface area contributed by atoms with Crippen LogP contribution in [0, 0.1) is 23.7 Å². The van der Waals surface area contributed by atoms with Crippen molar-refractivity contribution in [3.05, 3.63) is 119 Å². The third-order valence-electron chi connectivity index (χ3n) is 10.8. The molecule has 0 fully saturated rings. The summed E-state index contributed by atoms with van der Waals surface area (Å²) in [6, 6.07) is 32.8. The Hall–Kier alpha value is -4.08. The highest BCUT2D eigenvalue weighted by atomic mass is 16.5. The van der Waals surface area contributed by atoms with Gasteiger partial charge in [-0.15, -0.1) is 0 Å². The summed E-state index contributed by atoms with van der Waals surface area (Å²) >= 11 is 0. The SMILES string of the molecule is COc1cccc(C[C@@H](CCO)[C@H](CCCCO)Cc2cccc(OC)c2)c1.COc1cccc(C[C@H](CCO)[C@@H](CCCCO)Cc2cccc(OC)c2)c1. The largest absolute Gasteiger partial charge is 0.497 e. The number of hydrogen-bond donors (Lipinski definition) is 4. The van der Waals surface area contributed by atoms with Crippen LogP contribution in [0.3, 0.4) is 0 Å². The first kappa shape index (κ1) is 46.3. The van der Waals surface area contributed by atoms with E-state index in [-0.39, 0.29) is 26.4 Å². The van der Waals surface area contributed by atoms with Gasteiger partial charge in [0, 0.05) is 26.4 Å². The lowest BCUT2D eigenvalue weighted by Gasteiger charge is -2.28. The number of methoxy groups -OCH3 is 4. The van der Waals surface area contributed by atoms with Gasteiger partial charge in [-0.3, -0.25) is 0 Å². The van der Waals surface area contributed by atoms with Crippen LogP contribution in [0.25, 0.3) is 0 Å². The summed E-state index contributed by atoms with van der Waals surface area (Å²) in [7, 11) is 6.75. The second-order valence-electron chi connectivity index (χ2n) is 14.7. The monoisotopic (exact) mass is 772 g/mol. The van der Waals surface area contributed by atoms with Gasteiger partial charge in [0.05, 0.1) is 28.4 Å². The number of rotatable bonds is 26. The number of aliphatic hydroxyl groups is 4. The number of benzene rings is 4. The third-order valence-corrected chi connectivity index (χ3v) is 10.8. The normalized spacial score (nSPS) is 13.1. The maximum Gasteiger partial charge on any atom is 0.119 e. The van der Waals surface area contributed by atoms with Gasteiger partial charge in [-0.25, -0.2) is 0 Å². The van der Waals surface area contributed by atoms with Crippen molar-refractivity contribution in [2.75, 3.05) is 54.9 Å². The minimum absolute atomic E-state index is 0.184. The van der Waals surface area contributed by atoms with Crippen molar-refractivity contribution in [1.29, 1.82) is 0 Å². The average Bonchev–Trinajstić information content (AvgIpc) is 3.23. The predicted molar refractivity (Wildman–Crippen MR) is 226 cm³/mol. The maximum absolute atomic E-state index is 9.70. The molecule has 4 aromatic rings. The Balaban J connectivity index is 0.000000300. The van der Waals surface area contributed by atoms with E-state index in [1.165, 1.54) is 22.3 Å². The Labute approximate surface area is 336 Å². The zero-order valence-corrected chi connectivity index (χ0v) is 34.3. The summed E-state index contributed by atoms with van der Waals surface area (Å²) in [4.78, 5) is 0. The minimum Gasteiger partial charge on any atom is -0.497 e. The lowest BCUT2D eigenvalue weighted by molar-refractivity contribution is 0.203. The van der Waals surface area contributed by atoms with Crippen molar-refractivity contribution < 1.29 is 39.4 Å². The van der Waals surface area contributed by atoms with Crippen molar-refractivity contribution in [2.24, 2.45) is 23.7 Å². The molecule has 0 saturated carbocycles. The molecular formula is C48H68O8. The third kappa shape index (κ3) is 17.0. The predicted octanol–water partition coefficient (Wildman–Crippen LogP) is 8.53. The molecular weight excluding hydrogens is 705 g/mol. The number of ether oxygens (including phenoxy) is 4. The Kier molecular flexibility index (Phi) is 22.7. The van der Waals surface area contributed by atoms with E-state index in [2.05, 4.69) is 48.5 Å². The molecule has 0 aromatic heterocycles. The van der Waals surface area contributed by atoms with E-state index in [9.17, 15) is 20.4 Å². The lowest BCUT2D eigenvalue weighted by Crippen LogP contribution is -2.21. The molecule has 8 nitrogen and oxygen atoms in total. The maximum atomic E-state index is 9.70. The van der Waals surface area contributed by atoms with Crippen LogP contribution in [0.1, 0.15) is 73.6 Å². The van der Waals surface area contributed by atoms with Crippen LogP contribution < -0.4 is 18.9 Å². The van der Waals surface area contributed by atoms with Gasteiger partial charge in [0.25, 0.3) is 0 Å². The van der Waals surface area contributed by atoms with Crippen molar-refractivity contribution in [3.8, 4) is 23.0 Å². The van der Waals surface area contributed by atoms with Gasteiger partial charge in [0.1, 0.15) is 23.0 Å². The smallest absolute Gasteiger partial charge is 0.119 e. The molecule has 0 saturated heterocycles. The van der Waals surface area contributed by atoms with Crippen molar-refractivity contribution in [3.63, 3.8) is 0 Å². The zero-order chi connectivity index (χ0) is 40.4. The summed E-state index contributed by atoms with van der Waals surface area (Å²) in [6.45, 7) is 0.825. The molecule has 0 aliphatic rings. The van der Waals surface area contributed by atoms with Crippen LogP contribution in [0.2, 0.25) is 0 Å². The molecule has 0 spiro atoms. The van der Waals surface area contributed by atoms with Gasteiger partial charge >= 0.3 is 0 Å². The highest BCUT2D eigenvalue weighted by Gasteiger charge is 2.24. The van der Waals surface area contributed by atoms with Crippen LogP contribution in [0.4, 0.5) is 0 Å². The molecule has 308 valence electrons. The van der Waals surface area contributed by atoms with Gasteiger partial charge < -0.3 is 39.4 Å². The summed E-state index contributed by atoms with van der Waals surface area (Å²) < 4.78 is 21.5. The van der Waals surface area contributed by atoms with Gasteiger partial charge in [-0.2, -0.15) is 0 Å². The van der Waals surface area contributed by atoms with Crippen molar-refractivity contribution in [2.45, 2.75) is 77.0 Å². The van der Waals surface area contributed by atoms with E-state index >= 15 is 0 Å². The molecule has 0 amide bonds. The highest BCUT2D eigenvalue weighted by Crippen LogP contribution is 2.32. The zero-order valence-electron chi connectivity index (χ0n) is 34.3. The average molecular weight is 773 g/mol. The first-order valence-electron chi connectivity index (χ1n) is 20.3. The first-order chi connectivity index (χ1) is 27.4. The second-order valence-corrected chi connectivity index (χ2v) is 14.7. The quantitative estimate of drug-likeness (QED) is 0.0470. The number of unbranched alkanes of at least 4 members (excludes halogenated alkanes) is 2. The molecule has 0 aliphatic carbocycles. The molecule has 0 aliphatic heterocycles. The molecule has 56 heavy (non-hydrogen) atoms. The van der Waals surface area contributed by atoms with E-state index in [1.807, 2.05) is 48.5 Å². The van der Waals surface area contributed by atoms with E-state index in [1.54, 1.807) is 28.4 Å². The Morgan fingerprint density at radius 2 is 0.625 bits per heavy atom. The Bertz CT molecular complexity index is 1490. The molecule has 4 N–H and O–H groups in total. The highest BCUT2D eigenvalue weighted by molar-refractivity contribution is 5.32. The molecule has 0 unspecified atom stereocenters. The summed E-state index contributed by atoms with van der Waals surface area (Å²) in [5, 5.41) is 37.8. The van der Waals surface area contributed by atoms with Gasteiger partial charge in [0.2, 0.25) is 0 Å². The van der Waals surface area contributed by atoms with Gasteiger partial charge in [-0.1, -0.05) is 61.4 Å². The standard InChI is InChI=1S/2C24H34O4/c2*1-27-23-10-5-7-19(17-23)15-21(9-3-4-13-25)22(12-14-26)16-20-8-6-11-24(18-20)28-2/h2*5-8,10-11,17-18,21-22,25-26H,3-4,9,12-16H2,1-2H3/t2*21-,22-/m10/s1. The summed E-state index contributed by atoms with van der Waals surface area (Å²) in [6.07, 6.45) is 10.9. The molecule has 0 heterocycles. The van der Waals surface area contributed by atoms with E-state index in [0.29, 0.717) is 23.7 Å². The molecule has 0 radical (unpaired) electrons. The summed E-state index contributed by atoms with van der Waals surface area (Å²) in [5.74, 6) is 5.06. The van der Waals surface area contributed by atoms with Crippen molar-refractivity contribution in [1.82, 2.24) is 0 Å². The molecule has 4 atom stereocenters. The van der Waals surface area contributed by atoms with Crippen molar-refractivity contribution >= 4 is 0 Å². The minimum atomic E-state index is 0.184. The van der Waals surface area contributed by atoms with Crippen LogP contribution in [-0.4, -0.2) is 75.3 Å². The lowest BCUT2D eigenvalue weighted by atomic mass is 9.78. The fourth-order valence-electron chi connectivity index (χ4n) is 7.79. The Morgan fingerprint density at radius 1 is 0.357 bits per heavy atom. The van der Waals surface area contributed by atoms with E-state index in [0.717, 1.165) is 100 Å². The summed E-state index contributed by atoms with van der Waals surface area (Å²) in [5.41, 5.74) is 4.97. The topological polar surface area (TPSA) is 118 Å². The molecule has 4 rings (SSSR count). The second kappa shape index (κ2) is 27.5. The number of aliphatic hydroxyl groups excluding tert-OH is 4. The van der Waals surface area contributed by atoms with Gasteiger partial charge in [0.15, 0.2) is 0 Å². The van der Waals surface area contributed by atoms with Crippen LogP contribution >= 0.6 is 0 Å². The first-order valence-corrected chi connectivity index (χ1v) is 20.3. The Morgan fingerprint density at radius 3 is 0.857 bits per heavy atom. The fourth-order valence-corrected chi connectivity index (χ4v) is 7.79. The van der Waals surface area contributed by atoms with Gasteiger partial charge in [-0.05, 0) is 159 Å². The molecule has 8 heteroatoms. The van der Waals surface area contributed by atoms with Crippen LogP contribution in [0.15, 0.2) is 97.1 Å². The fraction of sp³-hybridized carbons (Fsp3) is 0.500. The molecule has 0 bridgehead atoms. The van der Waals surface area contributed by atoms with Crippen LogP contribution in [0.5, 0.6) is 23.0 Å². The van der Waals surface area contributed by atoms with Crippen LogP contribution in [-0.2, 0) is 25.7 Å².